The number of esters is 1. The van der Waals surface area contributed by atoms with Gasteiger partial charge < -0.3 is 14.6 Å². The van der Waals surface area contributed by atoms with Crippen LogP contribution in [0.1, 0.15) is 17.3 Å². The van der Waals surface area contributed by atoms with Gasteiger partial charge in [-0.3, -0.25) is 4.79 Å². The van der Waals surface area contributed by atoms with E-state index in [0.717, 1.165) is 5.39 Å². The van der Waals surface area contributed by atoms with Crippen molar-refractivity contribution in [2.24, 2.45) is 0 Å². The molecule has 0 aliphatic rings. The molecule has 0 aliphatic carbocycles. The van der Waals surface area contributed by atoms with E-state index in [4.69, 9.17) is 9.47 Å². The van der Waals surface area contributed by atoms with E-state index in [1.54, 1.807) is 49.5 Å². The summed E-state index contributed by atoms with van der Waals surface area (Å²) in [5.74, 6) is -0.00571. The number of aliphatic hydroxyl groups is 1. The van der Waals surface area contributed by atoms with E-state index >= 15 is 0 Å². The Morgan fingerprint density at radius 2 is 2.04 bits per heavy atom. The molecular formula is C20H20N2O5. The van der Waals surface area contributed by atoms with Crippen molar-refractivity contribution in [3.05, 3.63) is 70.6 Å². The smallest absolute Gasteiger partial charge is 0.338 e. The highest BCUT2D eigenvalue weighted by Crippen LogP contribution is 2.15. The van der Waals surface area contributed by atoms with Gasteiger partial charge in [-0.25, -0.2) is 9.48 Å². The second-order valence-electron chi connectivity index (χ2n) is 5.93. The van der Waals surface area contributed by atoms with Gasteiger partial charge in [-0.1, -0.05) is 24.3 Å². The van der Waals surface area contributed by atoms with Crippen LogP contribution in [-0.4, -0.2) is 40.2 Å². The fourth-order valence-electron chi connectivity index (χ4n) is 2.63. The van der Waals surface area contributed by atoms with Gasteiger partial charge in [0, 0.05) is 5.39 Å². The van der Waals surface area contributed by atoms with Gasteiger partial charge in [-0.15, -0.1) is 0 Å². The first-order chi connectivity index (χ1) is 13.1. The van der Waals surface area contributed by atoms with Gasteiger partial charge in [0.15, 0.2) is 0 Å². The summed E-state index contributed by atoms with van der Waals surface area (Å²) in [6.45, 7) is 1.97. The van der Waals surface area contributed by atoms with Crippen LogP contribution in [0.25, 0.3) is 10.8 Å². The van der Waals surface area contributed by atoms with Gasteiger partial charge in [0.2, 0.25) is 0 Å². The molecule has 0 amide bonds. The van der Waals surface area contributed by atoms with Crippen LogP contribution in [0.5, 0.6) is 5.75 Å². The average Bonchev–Trinajstić information content (AvgIpc) is 2.69. The number of ether oxygens (including phenoxy) is 2. The average molecular weight is 368 g/mol. The second kappa shape index (κ2) is 8.46. The molecule has 3 aromatic rings. The molecule has 0 unspecified atom stereocenters. The number of fused-ring (bicyclic) bond motifs is 1. The first-order valence-electron chi connectivity index (χ1n) is 8.61. The number of hydrogen-bond acceptors (Lipinski definition) is 6. The third-order valence-corrected chi connectivity index (χ3v) is 3.93. The van der Waals surface area contributed by atoms with E-state index in [-0.39, 0.29) is 25.3 Å². The van der Waals surface area contributed by atoms with Gasteiger partial charge in [-0.2, -0.15) is 5.10 Å². The Hall–Kier alpha value is -3.19. The summed E-state index contributed by atoms with van der Waals surface area (Å²) in [7, 11) is 0. The molecule has 1 N–H and O–H groups in total. The minimum atomic E-state index is -0.942. The number of hydrogen-bond donors (Lipinski definition) is 1. The van der Waals surface area contributed by atoms with Crippen LogP contribution in [0.4, 0.5) is 0 Å². The van der Waals surface area contributed by atoms with Crippen LogP contribution in [-0.2, 0) is 11.3 Å². The summed E-state index contributed by atoms with van der Waals surface area (Å²) in [6, 6.07) is 13.7. The zero-order valence-electron chi connectivity index (χ0n) is 14.9. The van der Waals surface area contributed by atoms with Crippen LogP contribution in [0, 0.1) is 0 Å². The topological polar surface area (TPSA) is 90.7 Å². The molecule has 0 aliphatic heterocycles. The first-order valence-corrected chi connectivity index (χ1v) is 8.61. The maximum absolute atomic E-state index is 12.4. The molecule has 0 radical (unpaired) electrons. The molecule has 1 atom stereocenters. The van der Waals surface area contributed by atoms with Crippen molar-refractivity contribution in [2.75, 3.05) is 13.2 Å². The molecule has 0 fully saturated rings. The van der Waals surface area contributed by atoms with Crippen LogP contribution in [0.2, 0.25) is 0 Å². The molecule has 1 heterocycles. The van der Waals surface area contributed by atoms with Crippen LogP contribution in [0.3, 0.4) is 0 Å². The maximum Gasteiger partial charge on any atom is 0.338 e. The summed E-state index contributed by atoms with van der Waals surface area (Å²) in [4.78, 5) is 24.2. The predicted molar refractivity (Wildman–Crippen MR) is 99.9 cm³/mol. The molecule has 0 saturated heterocycles. The highest BCUT2D eigenvalue weighted by Gasteiger charge is 2.12. The van der Waals surface area contributed by atoms with E-state index in [2.05, 4.69) is 5.10 Å². The fraction of sp³-hybridized carbons (Fsp3) is 0.250. The molecule has 7 heteroatoms. The molecule has 2 aromatic carbocycles. The largest absolute Gasteiger partial charge is 0.491 e. The van der Waals surface area contributed by atoms with E-state index < -0.39 is 12.1 Å². The molecule has 0 bridgehead atoms. The number of aliphatic hydroxyl groups excluding tert-OH is 1. The number of nitrogens with zero attached hydrogens (tertiary/aromatic N) is 2. The zero-order valence-corrected chi connectivity index (χ0v) is 14.9. The van der Waals surface area contributed by atoms with E-state index in [1.165, 1.54) is 4.68 Å². The van der Waals surface area contributed by atoms with Crippen LogP contribution >= 0.6 is 0 Å². The Balaban J connectivity index is 1.64. The predicted octanol–water partition coefficient (Wildman–Crippen LogP) is 2.01. The van der Waals surface area contributed by atoms with Crippen molar-refractivity contribution in [1.82, 2.24) is 9.78 Å². The standard InChI is InChI=1S/C20H20N2O5/c1-2-26-20(25)14-7-5-8-17(10-14)27-13-16(23)12-22-19(24)18-9-4-3-6-15(18)11-21-22/h3-11,16,23H,2,12-13H2,1H3/t16-/m1/s1. The lowest BCUT2D eigenvalue weighted by Gasteiger charge is -2.14. The van der Waals surface area contributed by atoms with Gasteiger partial charge >= 0.3 is 5.97 Å². The monoisotopic (exact) mass is 368 g/mol. The van der Waals surface area contributed by atoms with Crippen LogP contribution < -0.4 is 10.3 Å². The van der Waals surface area contributed by atoms with Crippen molar-refractivity contribution in [1.29, 1.82) is 0 Å². The third kappa shape index (κ3) is 4.51. The Labute approximate surface area is 155 Å². The first kappa shape index (κ1) is 18.6. The summed E-state index contributed by atoms with van der Waals surface area (Å²) in [6.07, 6.45) is 0.648. The SMILES string of the molecule is CCOC(=O)c1cccc(OC[C@H](O)Cn2ncc3ccccc3c2=O)c1. The lowest BCUT2D eigenvalue weighted by molar-refractivity contribution is 0.0525. The molecule has 3 rings (SSSR count). The van der Waals surface area contributed by atoms with Gasteiger partial charge in [0.1, 0.15) is 18.5 Å². The zero-order chi connectivity index (χ0) is 19.2. The van der Waals surface area contributed by atoms with E-state index in [1.807, 2.05) is 12.1 Å². The molecule has 140 valence electrons. The van der Waals surface area contributed by atoms with Crippen molar-refractivity contribution in [2.45, 2.75) is 19.6 Å². The molecule has 0 spiro atoms. The van der Waals surface area contributed by atoms with Crippen molar-refractivity contribution < 1.29 is 19.4 Å². The lowest BCUT2D eigenvalue weighted by atomic mass is 10.2. The molecular weight excluding hydrogens is 348 g/mol. The van der Waals surface area contributed by atoms with Crippen molar-refractivity contribution in [3.63, 3.8) is 0 Å². The number of carbonyl (C=O) groups is 1. The molecule has 1 aromatic heterocycles. The van der Waals surface area contributed by atoms with E-state index in [9.17, 15) is 14.7 Å². The fourth-order valence-corrected chi connectivity index (χ4v) is 2.63. The van der Waals surface area contributed by atoms with E-state index in [0.29, 0.717) is 16.7 Å². The minimum Gasteiger partial charge on any atom is -0.491 e. The Morgan fingerprint density at radius 1 is 1.22 bits per heavy atom. The van der Waals surface area contributed by atoms with Crippen molar-refractivity contribution in [3.8, 4) is 5.75 Å². The maximum atomic E-state index is 12.4. The van der Waals surface area contributed by atoms with Gasteiger partial charge in [-0.05, 0) is 31.2 Å². The minimum absolute atomic E-state index is 0.00122. The second-order valence-corrected chi connectivity index (χ2v) is 5.93. The van der Waals surface area contributed by atoms with Gasteiger partial charge in [0.25, 0.3) is 5.56 Å². The lowest BCUT2D eigenvalue weighted by Crippen LogP contribution is -2.31. The van der Waals surface area contributed by atoms with Crippen molar-refractivity contribution >= 4 is 16.7 Å². The number of benzene rings is 2. The highest BCUT2D eigenvalue weighted by atomic mass is 16.5. The number of aromatic nitrogens is 2. The molecule has 0 saturated carbocycles. The Morgan fingerprint density at radius 3 is 2.85 bits per heavy atom. The number of rotatable bonds is 7. The number of carbonyl (C=O) groups excluding carboxylic acids is 1. The normalized spacial score (nSPS) is 11.9. The summed E-state index contributed by atoms with van der Waals surface area (Å²) in [5, 5.41) is 15.6. The Bertz CT molecular complexity index is 999. The Kier molecular flexibility index (Phi) is 5.83. The molecule has 27 heavy (non-hydrogen) atoms. The van der Waals surface area contributed by atoms with Gasteiger partial charge in [0.05, 0.1) is 30.3 Å². The van der Waals surface area contributed by atoms with Crippen LogP contribution in [0.15, 0.2) is 59.5 Å². The summed E-state index contributed by atoms with van der Waals surface area (Å²) >= 11 is 0. The third-order valence-electron chi connectivity index (χ3n) is 3.93. The summed E-state index contributed by atoms with van der Waals surface area (Å²) < 4.78 is 11.7. The quantitative estimate of drug-likeness (QED) is 0.642. The highest BCUT2D eigenvalue weighted by molar-refractivity contribution is 5.89. The molecule has 7 nitrogen and oxygen atoms in total. The summed E-state index contributed by atoms with van der Waals surface area (Å²) in [5.41, 5.74) is 0.104.